The number of carbonyl (C=O) groups is 1. The third-order valence-corrected chi connectivity index (χ3v) is 2.69. The zero-order valence-electron chi connectivity index (χ0n) is 11.2. The van der Waals surface area contributed by atoms with Crippen molar-refractivity contribution in [1.82, 2.24) is 15.1 Å². The molecule has 104 valence electrons. The van der Waals surface area contributed by atoms with Crippen molar-refractivity contribution in [3.05, 3.63) is 30.2 Å². The van der Waals surface area contributed by atoms with E-state index < -0.39 is 5.97 Å². The molecule has 0 atom stereocenters. The fourth-order valence-corrected chi connectivity index (χ4v) is 1.63. The molecule has 7 heteroatoms. The number of carboxylic acid groups (broad SMARTS) is 1. The van der Waals surface area contributed by atoms with Gasteiger partial charge in [-0.3, -0.25) is 0 Å². The van der Waals surface area contributed by atoms with Crippen molar-refractivity contribution in [3.63, 3.8) is 0 Å². The quantitative estimate of drug-likeness (QED) is 0.668. The fraction of sp³-hybridized carbons (Fsp3) is 0.308. The van der Waals surface area contributed by atoms with Crippen LogP contribution in [0.3, 0.4) is 0 Å². The van der Waals surface area contributed by atoms with Gasteiger partial charge in [-0.15, -0.1) is 0 Å². The molecule has 0 unspecified atom stereocenters. The van der Waals surface area contributed by atoms with Crippen LogP contribution in [0.25, 0.3) is 11.4 Å². The molecular weight excluding hydrogens is 260 g/mol. The van der Waals surface area contributed by atoms with Crippen LogP contribution in [-0.2, 0) is 11.3 Å². The van der Waals surface area contributed by atoms with Crippen molar-refractivity contribution in [1.29, 1.82) is 0 Å². The molecule has 0 N–H and O–H groups in total. The highest BCUT2D eigenvalue weighted by Crippen LogP contribution is 2.18. The molecule has 2 rings (SSSR count). The Hall–Kier alpha value is -2.57. The number of aromatic nitrogens is 4. The lowest BCUT2D eigenvalue weighted by atomic mass is 10.2. The molecule has 0 amide bonds. The maximum absolute atomic E-state index is 10.4. The molecule has 2 aromatic heterocycles. The van der Waals surface area contributed by atoms with Gasteiger partial charge in [0.1, 0.15) is 6.20 Å². The summed E-state index contributed by atoms with van der Waals surface area (Å²) in [5.74, 6) is -0.0781. The SMILES string of the molecule is COc1nc(-c2cc[n+](CCC(=O)[O-])nc2)ncc1C. The second kappa shape index (κ2) is 6.05. The van der Waals surface area contributed by atoms with E-state index in [4.69, 9.17) is 4.74 Å². The van der Waals surface area contributed by atoms with Crippen molar-refractivity contribution in [2.24, 2.45) is 0 Å². The van der Waals surface area contributed by atoms with E-state index in [0.717, 1.165) is 11.1 Å². The third-order valence-electron chi connectivity index (χ3n) is 2.69. The Kier molecular flexibility index (Phi) is 4.19. The van der Waals surface area contributed by atoms with Crippen molar-refractivity contribution in [3.8, 4) is 17.3 Å². The molecule has 0 saturated heterocycles. The largest absolute Gasteiger partial charge is 0.550 e. The summed E-state index contributed by atoms with van der Waals surface area (Å²) in [6.45, 7) is 2.13. The van der Waals surface area contributed by atoms with Crippen molar-refractivity contribution in [2.45, 2.75) is 19.9 Å². The normalized spacial score (nSPS) is 10.3. The minimum absolute atomic E-state index is 0.0775. The molecule has 0 aliphatic rings. The van der Waals surface area contributed by atoms with E-state index in [-0.39, 0.29) is 13.0 Å². The predicted octanol–water partition coefficient (Wildman–Crippen LogP) is -0.717. The number of aryl methyl sites for hydroxylation is 2. The average Bonchev–Trinajstić information content (AvgIpc) is 2.46. The molecule has 0 spiro atoms. The summed E-state index contributed by atoms with van der Waals surface area (Å²) in [6, 6.07) is 1.77. The topological polar surface area (TPSA) is 91.9 Å². The molecular formula is C13H14N4O3. The van der Waals surface area contributed by atoms with E-state index in [1.165, 1.54) is 4.68 Å². The summed E-state index contributed by atoms with van der Waals surface area (Å²) in [7, 11) is 1.55. The Morgan fingerprint density at radius 3 is 2.85 bits per heavy atom. The van der Waals surface area contributed by atoms with E-state index in [9.17, 15) is 9.90 Å². The molecule has 0 aliphatic heterocycles. The van der Waals surface area contributed by atoms with E-state index in [1.807, 2.05) is 6.92 Å². The molecule has 20 heavy (non-hydrogen) atoms. The first kappa shape index (κ1) is 13.9. The van der Waals surface area contributed by atoms with Crippen LogP contribution in [0, 0.1) is 6.92 Å². The monoisotopic (exact) mass is 274 g/mol. The summed E-state index contributed by atoms with van der Waals surface area (Å²) in [4.78, 5) is 18.9. The van der Waals surface area contributed by atoms with E-state index in [1.54, 1.807) is 31.8 Å². The summed E-state index contributed by atoms with van der Waals surface area (Å²) in [6.07, 6.45) is 4.86. The van der Waals surface area contributed by atoms with Gasteiger partial charge in [0.25, 0.3) is 0 Å². The van der Waals surface area contributed by atoms with Crippen molar-refractivity contribution < 1.29 is 19.3 Å². The fourth-order valence-electron chi connectivity index (χ4n) is 1.63. The van der Waals surface area contributed by atoms with Crippen LogP contribution in [0.5, 0.6) is 5.88 Å². The van der Waals surface area contributed by atoms with Gasteiger partial charge in [-0.2, -0.15) is 4.98 Å². The van der Waals surface area contributed by atoms with Crippen LogP contribution in [0.1, 0.15) is 12.0 Å². The second-order valence-corrected chi connectivity index (χ2v) is 4.19. The average molecular weight is 274 g/mol. The number of carbonyl (C=O) groups excluding carboxylic acids is 1. The zero-order valence-corrected chi connectivity index (χ0v) is 11.2. The molecule has 0 aromatic carbocycles. The lowest BCUT2D eigenvalue weighted by Crippen LogP contribution is -2.40. The summed E-state index contributed by atoms with van der Waals surface area (Å²) >= 11 is 0. The third kappa shape index (κ3) is 3.25. The number of hydrogen-bond acceptors (Lipinski definition) is 6. The van der Waals surface area contributed by atoms with Gasteiger partial charge < -0.3 is 14.6 Å². The van der Waals surface area contributed by atoms with Gasteiger partial charge >= 0.3 is 0 Å². The van der Waals surface area contributed by atoms with Crippen LogP contribution in [0.15, 0.2) is 24.7 Å². The maximum atomic E-state index is 10.4. The molecule has 0 radical (unpaired) electrons. The number of nitrogens with zero attached hydrogens (tertiary/aromatic N) is 4. The molecule has 0 bridgehead atoms. The van der Waals surface area contributed by atoms with E-state index in [2.05, 4.69) is 15.1 Å². The van der Waals surface area contributed by atoms with Gasteiger partial charge in [0.2, 0.25) is 5.88 Å². The Morgan fingerprint density at radius 1 is 1.45 bits per heavy atom. The number of aliphatic carboxylic acids is 1. The first-order valence-corrected chi connectivity index (χ1v) is 6.04. The number of rotatable bonds is 5. The predicted molar refractivity (Wildman–Crippen MR) is 66.4 cm³/mol. The van der Waals surface area contributed by atoms with Crippen molar-refractivity contribution >= 4 is 5.97 Å². The standard InChI is InChI=1S/C13H14N4O3/c1-9-7-14-12(16-13(9)20-2)10-3-5-17(15-8-10)6-4-11(18)19/h3,5,7-8H,4,6H2,1-2H3. The molecule has 2 heterocycles. The highest BCUT2D eigenvalue weighted by molar-refractivity contribution is 5.63. The van der Waals surface area contributed by atoms with Crippen molar-refractivity contribution in [2.75, 3.05) is 7.11 Å². The second-order valence-electron chi connectivity index (χ2n) is 4.19. The van der Waals surface area contributed by atoms with Gasteiger partial charge in [-0.1, -0.05) is 4.68 Å². The van der Waals surface area contributed by atoms with Gasteiger partial charge in [-0.05, 0) is 12.0 Å². The van der Waals surface area contributed by atoms with Crippen LogP contribution >= 0.6 is 0 Å². The lowest BCUT2D eigenvalue weighted by molar-refractivity contribution is -0.753. The number of ether oxygens (including phenoxy) is 1. The Morgan fingerprint density at radius 2 is 2.25 bits per heavy atom. The Bertz CT molecular complexity index is 614. The molecule has 0 fully saturated rings. The summed E-state index contributed by atoms with van der Waals surface area (Å²) in [5.41, 5.74) is 1.58. The smallest absolute Gasteiger partial charge is 0.219 e. The Balaban J connectivity index is 2.19. The Labute approximate surface area is 115 Å². The van der Waals surface area contributed by atoms with Crippen LogP contribution in [0.4, 0.5) is 0 Å². The molecule has 0 saturated carbocycles. The van der Waals surface area contributed by atoms with Gasteiger partial charge in [0.05, 0.1) is 7.11 Å². The number of hydrogen-bond donors (Lipinski definition) is 0. The summed E-state index contributed by atoms with van der Waals surface area (Å²) in [5, 5.41) is 14.5. The zero-order chi connectivity index (χ0) is 14.5. The molecule has 2 aromatic rings. The molecule has 0 aliphatic carbocycles. The highest BCUT2D eigenvalue weighted by atomic mass is 16.5. The lowest BCUT2D eigenvalue weighted by Gasteiger charge is -2.04. The maximum Gasteiger partial charge on any atom is 0.219 e. The minimum Gasteiger partial charge on any atom is -0.550 e. The van der Waals surface area contributed by atoms with Crippen LogP contribution < -0.4 is 14.5 Å². The van der Waals surface area contributed by atoms with E-state index >= 15 is 0 Å². The van der Waals surface area contributed by atoms with E-state index in [0.29, 0.717) is 11.7 Å². The first-order valence-electron chi connectivity index (χ1n) is 6.04. The highest BCUT2D eigenvalue weighted by Gasteiger charge is 2.09. The minimum atomic E-state index is -1.10. The summed E-state index contributed by atoms with van der Waals surface area (Å²) < 4.78 is 6.67. The number of methoxy groups -OCH3 is 1. The number of carboxylic acids is 1. The van der Waals surface area contributed by atoms with Gasteiger partial charge in [-0.25, -0.2) is 4.98 Å². The van der Waals surface area contributed by atoms with Crippen LogP contribution in [0.2, 0.25) is 0 Å². The van der Waals surface area contributed by atoms with Crippen LogP contribution in [-0.4, -0.2) is 28.1 Å². The van der Waals surface area contributed by atoms with Gasteiger partial charge in [0, 0.05) is 35.8 Å². The molecule has 7 nitrogen and oxygen atoms in total. The van der Waals surface area contributed by atoms with Gasteiger partial charge in [0.15, 0.2) is 18.6 Å². The first-order chi connectivity index (χ1) is 9.60.